The minimum absolute atomic E-state index is 0.161. The smallest absolute Gasteiger partial charge is 0.176 e. The molecule has 86 valence electrons. The topological polar surface area (TPSA) is 81.4 Å². The highest BCUT2D eigenvalue weighted by Gasteiger charge is 2.16. The summed E-state index contributed by atoms with van der Waals surface area (Å²) in [5.41, 5.74) is 0. The van der Waals surface area contributed by atoms with Gasteiger partial charge in [0.25, 0.3) is 0 Å². The fraction of sp³-hybridized carbons (Fsp3) is 0.625. The van der Waals surface area contributed by atoms with Crippen LogP contribution in [-0.4, -0.2) is 36.3 Å². The fourth-order valence-corrected chi connectivity index (χ4v) is 2.01. The first-order valence-electron chi connectivity index (χ1n) is 5.03. The lowest BCUT2D eigenvalue weighted by Gasteiger charge is -2.12. The monoisotopic (exact) mass is 239 g/mol. The molecule has 0 aromatic carbocycles. The molecule has 8 heteroatoms. The van der Waals surface area contributed by atoms with Crippen molar-refractivity contribution in [2.24, 2.45) is 7.05 Å². The molecule has 2 rings (SSSR count). The molecule has 0 fully saturated rings. The van der Waals surface area contributed by atoms with Crippen LogP contribution in [0.2, 0.25) is 0 Å². The SMILES string of the molecule is CCNC(Cc1nnn(C)n1)c1cnns1. The van der Waals surface area contributed by atoms with Gasteiger partial charge in [0.1, 0.15) is 0 Å². The second-order valence-corrected chi connectivity index (χ2v) is 4.15. The number of aromatic nitrogens is 6. The molecule has 0 aliphatic carbocycles. The molecule has 1 N–H and O–H groups in total. The third-order valence-electron chi connectivity index (χ3n) is 2.11. The van der Waals surface area contributed by atoms with Crippen molar-refractivity contribution in [1.29, 1.82) is 0 Å². The van der Waals surface area contributed by atoms with Crippen molar-refractivity contribution in [1.82, 2.24) is 35.1 Å². The number of aryl methyl sites for hydroxylation is 1. The van der Waals surface area contributed by atoms with Crippen molar-refractivity contribution in [3.63, 3.8) is 0 Å². The average molecular weight is 239 g/mol. The summed E-state index contributed by atoms with van der Waals surface area (Å²) in [7, 11) is 1.76. The molecule has 0 bridgehead atoms. The Morgan fingerprint density at radius 3 is 3.00 bits per heavy atom. The van der Waals surface area contributed by atoms with Crippen LogP contribution in [0.15, 0.2) is 6.20 Å². The van der Waals surface area contributed by atoms with Gasteiger partial charge in [-0.2, -0.15) is 4.80 Å². The summed E-state index contributed by atoms with van der Waals surface area (Å²) < 4.78 is 3.86. The molecule has 0 spiro atoms. The Morgan fingerprint density at radius 2 is 2.44 bits per heavy atom. The van der Waals surface area contributed by atoms with Gasteiger partial charge in [-0.05, 0) is 23.3 Å². The highest BCUT2D eigenvalue weighted by atomic mass is 32.1. The lowest BCUT2D eigenvalue weighted by Crippen LogP contribution is -2.22. The van der Waals surface area contributed by atoms with Gasteiger partial charge in [-0.25, -0.2) is 0 Å². The van der Waals surface area contributed by atoms with E-state index in [2.05, 4.69) is 37.2 Å². The number of hydrogen-bond acceptors (Lipinski definition) is 7. The zero-order valence-corrected chi connectivity index (χ0v) is 9.98. The first-order chi connectivity index (χ1) is 7.79. The molecule has 0 saturated carbocycles. The number of nitrogens with one attached hydrogen (secondary N) is 1. The fourth-order valence-electron chi connectivity index (χ4n) is 1.44. The van der Waals surface area contributed by atoms with Gasteiger partial charge in [0, 0.05) is 6.42 Å². The van der Waals surface area contributed by atoms with Crippen LogP contribution in [-0.2, 0) is 13.5 Å². The molecule has 2 heterocycles. The van der Waals surface area contributed by atoms with E-state index < -0.39 is 0 Å². The van der Waals surface area contributed by atoms with Gasteiger partial charge < -0.3 is 5.32 Å². The van der Waals surface area contributed by atoms with Crippen molar-refractivity contribution in [2.45, 2.75) is 19.4 Å². The molecule has 0 aliphatic heterocycles. The third kappa shape index (κ3) is 2.58. The van der Waals surface area contributed by atoms with E-state index in [0.717, 1.165) is 17.2 Å². The van der Waals surface area contributed by atoms with E-state index in [9.17, 15) is 0 Å². The molecule has 1 unspecified atom stereocenters. The first kappa shape index (κ1) is 11.1. The number of tetrazole rings is 1. The van der Waals surface area contributed by atoms with Crippen LogP contribution < -0.4 is 5.32 Å². The standard InChI is InChI=1S/C8H13N7S/c1-3-9-6(7-5-10-14-16-7)4-8-11-13-15(2)12-8/h5-6,9H,3-4H2,1-2H3. The summed E-state index contributed by atoms with van der Waals surface area (Å²) in [6.07, 6.45) is 2.47. The van der Waals surface area contributed by atoms with Crippen LogP contribution in [0.3, 0.4) is 0 Å². The van der Waals surface area contributed by atoms with Crippen LogP contribution in [0, 0.1) is 0 Å². The highest BCUT2D eigenvalue weighted by Crippen LogP contribution is 2.18. The van der Waals surface area contributed by atoms with E-state index in [1.807, 2.05) is 0 Å². The number of likely N-dealkylation sites (N-methyl/N-ethyl adjacent to an activating group) is 1. The van der Waals surface area contributed by atoms with Gasteiger partial charge in [-0.3, -0.25) is 0 Å². The van der Waals surface area contributed by atoms with E-state index in [1.165, 1.54) is 16.3 Å². The maximum atomic E-state index is 4.16. The van der Waals surface area contributed by atoms with Gasteiger partial charge in [0.05, 0.1) is 24.2 Å². The van der Waals surface area contributed by atoms with Gasteiger partial charge in [0.2, 0.25) is 0 Å². The molecule has 0 amide bonds. The van der Waals surface area contributed by atoms with E-state index in [1.54, 1.807) is 13.2 Å². The summed E-state index contributed by atoms with van der Waals surface area (Å²) in [6, 6.07) is 0.161. The Kier molecular flexibility index (Phi) is 3.52. The Morgan fingerprint density at radius 1 is 1.56 bits per heavy atom. The summed E-state index contributed by atoms with van der Waals surface area (Å²) >= 11 is 1.39. The Labute approximate surface area is 97.0 Å². The van der Waals surface area contributed by atoms with Crippen molar-refractivity contribution in [2.75, 3.05) is 6.54 Å². The molecule has 0 aliphatic rings. The quantitative estimate of drug-likeness (QED) is 0.788. The summed E-state index contributed by atoms with van der Waals surface area (Å²) in [6.45, 7) is 2.94. The first-order valence-corrected chi connectivity index (χ1v) is 5.80. The molecule has 0 saturated heterocycles. The third-order valence-corrected chi connectivity index (χ3v) is 2.89. The molecule has 2 aromatic rings. The maximum Gasteiger partial charge on any atom is 0.176 e. The predicted molar refractivity (Wildman–Crippen MR) is 58.8 cm³/mol. The average Bonchev–Trinajstić information content (AvgIpc) is 2.88. The van der Waals surface area contributed by atoms with E-state index in [-0.39, 0.29) is 6.04 Å². The van der Waals surface area contributed by atoms with Crippen molar-refractivity contribution < 1.29 is 0 Å². The molecule has 2 aromatic heterocycles. The summed E-state index contributed by atoms with van der Waals surface area (Å²) in [4.78, 5) is 2.55. The summed E-state index contributed by atoms with van der Waals surface area (Å²) in [5.74, 6) is 0.724. The second-order valence-electron chi connectivity index (χ2n) is 3.33. The van der Waals surface area contributed by atoms with Gasteiger partial charge in [-0.15, -0.1) is 15.3 Å². The molecular formula is C8H13N7S. The van der Waals surface area contributed by atoms with Crippen LogP contribution in [0.25, 0.3) is 0 Å². The zero-order chi connectivity index (χ0) is 11.4. The number of rotatable bonds is 5. The number of hydrogen-bond donors (Lipinski definition) is 1. The molecule has 0 radical (unpaired) electrons. The van der Waals surface area contributed by atoms with Crippen LogP contribution in [0.1, 0.15) is 23.7 Å². The van der Waals surface area contributed by atoms with Crippen molar-refractivity contribution in [3.8, 4) is 0 Å². The zero-order valence-electron chi connectivity index (χ0n) is 9.16. The lowest BCUT2D eigenvalue weighted by molar-refractivity contribution is 0.541. The van der Waals surface area contributed by atoms with Crippen molar-refractivity contribution >= 4 is 11.5 Å². The van der Waals surface area contributed by atoms with Gasteiger partial charge >= 0.3 is 0 Å². The van der Waals surface area contributed by atoms with Crippen molar-refractivity contribution in [3.05, 3.63) is 16.9 Å². The minimum Gasteiger partial charge on any atom is -0.309 e. The molecule has 16 heavy (non-hydrogen) atoms. The van der Waals surface area contributed by atoms with E-state index in [0.29, 0.717) is 6.42 Å². The molecule has 1 atom stereocenters. The summed E-state index contributed by atoms with van der Waals surface area (Å²) in [5, 5.41) is 19.1. The highest BCUT2D eigenvalue weighted by molar-refractivity contribution is 7.05. The van der Waals surface area contributed by atoms with Crippen LogP contribution >= 0.6 is 11.5 Å². The van der Waals surface area contributed by atoms with Crippen LogP contribution in [0.5, 0.6) is 0 Å². The Hall–Kier alpha value is -1.41. The largest absolute Gasteiger partial charge is 0.309 e. The van der Waals surface area contributed by atoms with E-state index >= 15 is 0 Å². The Bertz CT molecular complexity index is 423. The van der Waals surface area contributed by atoms with Crippen LogP contribution in [0.4, 0.5) is 0 Å². The van der Waals surface area contributed by atoms with Gasteiger partial charge in [-0.1, -0.05) is 11.4 Å². The van der Waals surface area contributed by atoms with E-state index in [4.69, 9.17) is 0 Å². The number of nitrogens with zero attached hydrogens (tertiary/aromatic N) is 6. The Balaban J connectivity index is 2.09. The lowest BCUT2D eigenvalue weighted by atomic mass is 10.2. The minimum atomic E-state index is 0.161. The normalized spacial score (nSPS) is 12.9. The molecule has 7 nitrogen and oxygen atoms in total. The van der Waals surface area contributed by atoms with Gasteiger partial charge in [0.15, 0.2) is 5.82 Å². The second kappa shape index (κ2) is 5.08. The maximum absolute atomic E-state index is 4.16. The predicted octanol–water partition coefficient (Wildman–Crippen LogP) is -0.0451. The molecular weight excluding hydrogens is 226 g/mol.